The average molecular weight is 425 g/mol. The molecule has 0 bridgehead atoms. The van der Waals surface area contributed by atoms with E-state index in [1.165, 1.54) is 5.56 Å². The van der Waals surface area contributed by atoms with E-state index in [-0.39, 0.29) is 12.0 Å². The number of aromatic nitrogens is 1. The Hall–Kier alpha value is -2.44. The molecule has 4 rings (SSSR count). The van der Waals surface area contributed by atoms with Crippen molar-refractivity contribution in [2.75, 3.05) is 25.2 Å². The second kappa shape index (κ2) is 8.74. The lowest BCUT2D eigenvalue weighted by Gasteiger charge is -2.23. The first-order chi connectivity index (χ1) is 14.5. The molecular weight excluding hydrogens is 396 g/mol. The molecule has 0 radical (unpaired) electrons. The summed E-state index contributed by atoms with van der Waals surface area (Å²) in [5, 5.41) is 0.758. The lowest BCUT2D eigenvalue weighted by Crippen LogP contribution is -2.38. The molecule has 1 aliphatic heterocycles. The van der Waals surface area contributed by atoms with E-state index < -0.39 is 0 Å². The van der Waals surface area contributed by atoms with Gasteiger partial charge >= 0.3 is 0 Å². The van der Waals surface area contributed by atoms with Crippen LogP contribution in [0.3, 0.4) is 0 Å². The SMILES string of the molecule is COc1ccc(CC(=O)N(CC2CCCO2)c2nc3c(C)ccc(C)c3s2)cc1C. The van der Waals surface area contributed by atoms with Gasteiger partial charge in [-0.2, -0.15) is 0 Å². The van der Waals surface area contributed by atoms with Crippen molar-refractivity contribution in [2.45, 2.75) is 46.1 Å². The van der Waals surface area contributed by atoms with E-state index in [1.807, 2.05) is 30.0 Å². The summed E-state index contributed by atoms with van der Waals surface area (Å²) in [7, 11) is 1.66. The highest BCUT2D eigenvalue weighted by atomic mass is 32.1. The number of thiazole rings is 1. The molecule has 30 heavy (non-hydrogen) atoms. The number of hydrogen-bond donors (Lipinski definition) is 0. The molecule has 1 saturated heterocycles. The molecule has 2 aromatic carbocycles. The standard InChI is InChI=1S/C24H28N2O3S/c1-15-7-8-16(2)23-22(15)25-24(30-23)26(14-19-6-5-11-29-19)21(27)13-18-9-10-20(28-4)17(3)12-18/h7-10,12,19H,5-6,11,13-14H2,1-4H3. The van der Waals surface area contributed by atoms with E-state index in [0.29, 0.717) is 13.0 Å². The predicted octanol–water partition coefficient (Wildman–Crippen LogP) is 4.98. The van der Waals surface area contributed by atoms with Crippen LogP contribution in [0.1, 0.15) is 35.1 Å². The van der Waals surface area contributed by atoms with E-state index in [2.05, 4.69) is 26.0 Å². The van der Waals surface area contributed by atoms with Gasteiger partial charge in [-0.3, -0.25) is 9.69 Å². The summed E-state index contributed by atoms with van der Waals surface area (Å²) in [5.74, 6) is 0.879. The monoisotopic (exact) mass is 424 g/mol. The van der Waals surface area contributed by atoms with Crippen molar-refractivity contribution in [1.82, 2.24) is 4.98 Å². The Labute approximate surface area is 181 Å². The number of methoxy groups -OCH3 is 1. The number of anilines is 1. The number of ether oxygens (including phenoxy) is 2. The minimum atomic E-state index is 0.0458. The number of hydrogen-bond acceptors (Lipinski definition) is 5. The molecule has 158 valence electrons. The molecule has 0 spiro atoms. The number of fused-ring (bicyclic) bond motifs is 1. The smallest absolute Gasteiger partial charge is 0.233 e. The molecular formula is C24H28N2O3S. The van der Waals surface area contributed by atoms with Crippen LogP contribution < -0.4 is 9.64 Å². The molecule has 1 atom stereocenters. The van der Waals surface area contributed by atoms with Crippen LogP contribution in [0.25, 0.3) is 10.2 Å². The molecule has 1 amide bonds. The predicted molar refractivity (Wildman–Crippen MR) is 122 cm³/mol. The van der Waals surface area contributed by atoms with Gasteiger partial charge in [0.15, 0.2) is 5.13 Å². The first-order valence-electron chi connectivity index (χ1n) is 10.4. The Morgan fingerprint density at radius 2 is 2.00 bits per heavy atom. The molecule has 3 aromatic rings. The Bertz CT molecular complexity index is 1030. The molecule has 1 aliphatic rings. The summed E-state index contributed by atoms with van der Waals surface area (Å²) in [4.78, 5) is 20.1. The fraction of sp³-hybridized carbons (Fsp3) is 0.417. The minimum Gasteiger partial charge on any atom is -0.496 e. The van der Waals surface area contributed by atoms with Crippen molar-refractivity contribution in [3.63, 3.8) is 0 Å². The number of carbonyl (C=O) groups excluding carboxylic acids is 1. The maximum absolute atomic E-state index is 13.4. The van der Waals surface area contributed by atoms with E-state index in [4.69, 9.17) is 14.5 Å². The van der Waals surface area contributed by atoms with E-state index in [9.17, 15) is 4.79 Å². The quantitative estimate of drug-likeness (QED) is 0.560. The Kier molecular flexibility index (Phi) is 6.06. The van der Waals surface area contributed by atoms with Gasteiger partial charge in [0, 0.05) is 6.61 Å². The highest BCUT2D eigenvalue weighted by Gasteiger charge is 2.26. The van der Waals surface area contributed by atoms with Crippen molar-refractivity contribution in [1.29, 1.82) is 0 Å². The van der Waals surface area contributed by atoms with Crippen molar-refractivity contribution in [3.8, 4) is 5.75 Å². The number of carbonyl (C=O) groups is 1. The maximum Gasteiger partial charge on any atom is 0.233 e. The van der Waals surface area contributed by atoms with Crippen LogP contribution in [0.2, 0.25) is 0 Å². The van der Waals surface area contributed by atoms with Gasteiger partial charge in [-0.05, 0) is 61.9 Å². The molecule has 1 unspecified atom stereocenters. The number of nitrogens with zero attached hydrogens (tertiary/aromatic N) is 2. The third-order valence-corrected chi connectivity index (χ3v) is 6.90. The lowest BCUT2D eigenvalue weighted by atomic mass is 10.1. The first kappa shape index (κ1) is 20.8. The Morgan fingerprint density at radius 1 is 1.20 bits per heavy atom. The van der Waals surface area contributed by atoms with Crippen molar-refractivity contribution in [3.05, 3.63) is 52.6 Å². The highest BCUT2D eigenvalue weighted by molar-refractivity contribution is 7.22. The molecule has 2 heterocycles. The Balaban J connectivity index is 1.65. The van der Waals surface area contributed by atoms with Crippen LogP contribution in [0.5, 0.6) is 5.75 Å². The van der Waals surface area contributed by atoms with Crippen LogP contribution in [0.4, 0.5) is 5.13 Å². The van der Waals surface area contributed by atoms with Gasteiger partial charge in [0.05, 0.1) is 36.4 Å². The summed E-state index contributed by atoms with van der Waals surface area (Å²) in [6, 6.07) is 10.1. The van der Waals surface area contributed by atoms with Gasteiger partial charge in [0.2, 0.25) is 5.91 Å². The van der Waals surface area contributed by atoms with E-state index in [1.54, 1.807) is 18.4 Å². The average Bonchev–Trinajstić information content (AvgIpc) is 3.39. The number of benzene rings is 2. The van der Waals surface area contributed by atoms with Gasteiger partial charge in [0.25, 0.3) is 0 Å². The van der Waals surface area contributed by atoms with Crippen LogP contribution in [0, 0.1) is 20.8 Å². The second-order valence-corrected chi connectivity index (χ2v) is 8.97. The molecule has 0 N–H and O–H groups in total. The molecule has 5 nitrogen and oxygen atoms in total. The summed E-state index contributed by atoms with van der Waals surface area (Å²) >= 11 is 1.60. The zero-order valence-electron chi connectivity index (χ0n) is 18.0. The molecule has 0 saturated carbocycles. The fourth-order valence-electron chi connectivity index (χ4n) is 3.96. The maximum atomic E-state index is 13.4. The van der Waals surface area contributed by atoms with Gasteiger partial charge < -0.3 is 9.47 Å². The van der Waals surface area contributed by atoms with Crippen LogP contribution in [-0.2, 0) is 16.0 Å². The van der Waals surface area contributed by atoms with Crippen molar-refractivity contribution >= 4 is 32.6 Å². The van der Waals surface area contributed by atoms with Gasteiger partial charge in [-0.15, -0.1) is 0 Å². The van der Waals surface area contributed by atoms with Crippen LogP contribution in [0.15, 0.2) is 30.3 Å². The summed E-state index contributed by atoms with van der Waals surface area (Å²) in [6.45, 7) is 7.47. The zero-order valence-corrected chi connectivity index (χ0v) is 18.8. The van der Waals surface area contributed by atoms with Crippen molar-refractivity contribution in [2.24, 2.45) is 0 Å². The van der Waals surface area contributed by atoms with Gasteiger partial charge in [-0.1, -0.05) is 35.6 Å². The first-order valence-corrected chi connectivity index (χ1v) is 11.2. The number of amides is 1. The third kappa shape index (κ3) is 4.20. The largest absolute Gasteiger partial charge is 0.496 e. The Morgan fingerprint density at radius 3 is 2.67 bits per heavy atom. The van der Waals surface area contributed by atoms with E-state index >= 15 is 0 Å². The molecule has 1 aromatic heterocycles. The van der Waals surface area contributed by atoms with E-state index in [0.717, 1.165) is 57.2 Å². The minimum absolute atomic E-state index is 0.0458. The summed E-state index contributed by atoms with van der Waals surface area (Å²) in [5.41, 5.74) is 5.31. The highest BCUT2D eigenvalue weighted by Crippen LogP contribution is 2.34. The van der Waals surface area contributed by atoms with Crippen molar-refractivity contribution < 1.29 is 14.3 Å². The topological polar surface area (TPSA) is 51.7 Å². The van der Waals surface area contributed by atoms with Crippen LogP contribution in [-0.4, -0.2) is 37.3 Å². The van der Waals surface area contributed by atoms with Gasteiger partial charge in [-0.25, -0.2) is 4.98 Å². The summed E-state index contributed by atoms with van der Waals surface area (Å²) < 4.78 is 12.3. The molecule has 1 fully saturated rings. The fourth-order valence-corrected chi connectivity index (χ4v) is 5.10. The normalized spacial score (nSPS) is 16.2. The van der Waals surface area contributed by atoms with Gasteiger partial charge in [0.1, 0.15) is 5.75 Å². The summed E-state index contributed by atoms with van der Waals surface area (Å²) in [6.07, 6.45) is 2.42. The zero-order chi connectivity index (χ0) is 21.3. The number of aryl methyl sites for hydroxylation is 3. The number of rotatable bonds is 6. The molecule has 6 heteroatoms. The molecule has 0 aliphatic carbocycles. The second-order valence-electron chi connectivity index (χ2n) is 7.99. The lowest BCUT2D eigenvalue weighted by molar-refractivity contribution is -0.118. The third-order valence-electron chi connectivity index (χ3n) is 5.69. The van der Waals surface area contributed by atoms with Crippen LogP contribution >= 0.6 is 11.3 Å².